The second kappa shape index (κ2) is 8.56. The molecule has 1 N–H and O–H groups in total. The molecule has 0 aliphatic heterocycles. The van der Waals surface area contributed by atoms with Crippen LogP contribution in [0.4, 0.5) is 5.69 Å². The highest BCUT2D eigenvalue weighted by Gasteiger charge is 2.19. The molecule has 0 aliphatic rings. The number of benzene rings is 2. The van der Waals surface area contributed by atoms with Crippen molar-refractivity contribution in [2.75, 3.05) is 17.1 Å². The van der Waals surface area contributed by atoms with Crippen LogP contribution < -0.4 is 9.62 Å². The SMILES string of the molecule is Cc1cc(C)cc(N(CCC(=O)NCc2ccccc2Cl)S(C)(=O)=O)c1. The van der Waals surface area contributed by atoms with Crippen molar-refractivity contribution in [3.8, 4) is 0 Å². The third-order valence-electron chi connectivity index (χ3n) is 3.87. The van der Waals surface area contributed by atoms with Crippen LogP contribution in [-0.4, -0.2) is 27.1 Å². The highest BCUT2D eigenvalue weighted by Crippen LogP contribution is 2.21. The average molecular weight is 395 g/mol. The molecule has 2 rings (SSSR count). The van der Waals surface area contributed by atoms with Crippen LogP contribution in [0.15, 0.2) is 42.5 Å². The summed E-state index contributed by atoms with van der Waals surface area (Å²) >= 11 is 6.07. The molecule has 140 valence electrons. The number of hydrogen-bond donors (Lipinski definition) is 1. The van der Waals surface area contributed by atoms with E-state index < -0.39 is 10.0 Å². The maximum absolute atomic E-state index is 12.2. The summed E-state index contributed by atoms with van der Waals surface area (Å²) in [5.41, 5.74) is 3.33. The van der Waals surface area contributed by atoms with Crippen LogP contribution in [0.25, 0.3) is 0 Å². The molecule has 0 atom stereocenters. The van der Waals surface area contributed by atoms with E-state index in [1.807, 2.05) is 38.1 Å². The molecule has 7 heteroatoms. The Morgan fingerprint density at radius 3 is 2.31 bits per heavy atom. The molecule has 26 heavy (non-hydrogen) atoms. The quantitative estimate of drug-likeness (QED) is 0.782. The minimum atomic E-state index is -3.49. The lowest BCUT2D eigenvalue weighted by Crippen LogP contribution is -2.34. The molecule has 0 radical (unpaired) electrons. The van der Waals surface area contributed by atoms with Crippen molar-refractivity contribution in [1.82, 2.24) is 5.32 Å². The first-order chi connectivity index (χ1) is 12.2. The van der Waals surface area contributed by atoms with Gasteiger partial charge in [0.25, 0.3) is 0 Å². The Bertz CT molecular complexity index is 877. The first kappa shape index (κ1) is 20.3. The molecule has 2 aromatic rings. The Morgan fingerprint density at radius 1 is 1.12 bits per heavy atom. The van der Waals surface area contributed by atoms with E-state index in [9.17, 15) is 13.2 Å². The van der Waals surface area contributed by atoms with Gasteiger partial charge < -0.3 is 5.32 Å². The second-order valence-corrected chi connectivity index (χ2v) is 8.61. The van der Waals surface area contributed by atoms with Gasteiger partial charge in [-0.15, -0.1) is 0 Å². The van der Waals surface area contributed by atoms with Crippen LogP contribution in [0, 0.1) is 13.8 Å². The fraction of sp³-hybridized carbons (Fsp3) is 0.316. The number of halogens is 1. The first-order valence-corrected chi connectivity index (χ1v) is 10.5. The first-order valence-electron chi connectivity index (χ1n) is 8.23. The van der Waals surface area contributed by atoms with Crippen molar-refractivity contribution in [1.29, 1.82) is 0 Å². The normalized spacial score (nSPS) is 11.2. The van der Waals surface area contributed by atoms with Gasteiger partial charge in [0.2, 0.25) is 15.9 Å². The molecule has 0 aliphatic carbocycles. The number of carbonyl (C=O) groups excluding carboxylic acids is 1. The fourth-order valence-corrected chi connectivity index (χ4v) is 3.82. The number of rotatable bonds is 7. The Labute approximate surface area is 160 Å². The van der Waals surface area contributed by atoms with Crippen molar-refractivity contribution in [3.63, 3.8) is 0 Å². The number of anilines is 1. The summed E-state index contributed by atoms with van der Waals surface area (Å²) in [5.74, 6) is -0.233. The summed E-state index contributed by atoms with van der Waals surface area (Å²) < 4.78 is 25.6. The zero-order valence-electron chi connectivity index (χ0n) is 15.1. The largest absolute Gasteiger partial charge is 0.352 e. The highest BCUT2D eigenvalue weighted by atomic mass is 35.5. The maximum atomic E-state index is 12.2. The average Bonchev–Trinajstić information content (AvgIpc) is 2.52. The zero-order chi connectivity index (χ0) is 19.3. The third-order valence-corrected chi connectivity index (χ3v) is 5.43. The molecule has 0 aromatic heterocycles. The van der Waals surface area contributed by atoms with Crippen LogP contribution in [0.3, 0.4) is 0 Å². The molecule has 0 fully saturated rings. The maximum Gasteiger partial charge on any atom is 0.232 e. The van der Waals surface area contributed by atoms with Crippen molar-refractivity contribution < 1.29 is 13.2 Å². The Balaban J connectivity index is 2.03. The summed E-state index contributed by atoms with van der Waals surface area (Å²) in [6, 6.07) is 12.8. The number of carbonyl (C=O) groups is 1. The summed E-state index contributed by atoms with van der Waals surface area (Å²) in [6.07, 6.45) is 1.21. The lowest BCUT2D eigenvalue weighted by Gasteiger charge is -2.23. The number of nitrogens with zero attached hydrogens (tertiary/aromatic N) is 1. The van der Waals surface area contributed by atoms with E-state index in [1.54, 1.807) is 18.2 Å². The molecule has 0 saturated carbocycles. The highest BCUT2D eigenvalue weighted by molar-refractivity contribution is 7.92. The van der Waals surface area contributed by atoms with E-state index in [0.29, 0.717) is 17.3 Å². The molecule has 0 heterocycles. The van der Waals surface area contributed by atoms with Crippen LogP contribution in [0.5, 0.6) is 0 Å². The van der Waals surface area contributed by atoms with Gasteiger partial charge in [0.1, 0.15) is 0 Å². The molecule has 5 nitrogen and oxygen atoms in total. The van der Waals surface area contributed by atoms with Gasteiger partial charge in [-0.3, -0.25) is 9.10 Å². The van der Waals surface area contributed by atoms with Crippen LogP contribution in [0.1, 0.15) is 23.1 Å². The molecule has 0 spiro atoms. The number of hydrogen-bond acceptors (Lipinski definition) is 3. The van der Waals surface area contributed by atoms with Gasteiger partial charge in [-0.05, 0) is 48.7 Å². The van der Waals surface area contributed by atoms with E-state index in [4.69, 9.17) is 11.6 Å². The summed E-state index contributed by atoms with van der Waals surface area (Å²) in [4.78, 5) is 12.1. The second-order valence-electron chi connectivity index (χ2n) is 6.30. The van der Waals surface area contributed by atoms with Crippen LogP contribution in [-0.2, 0) is 21.4 Å². The Morgan fingerprint density at radius 2 is 1.73 bits per heavy atom. The van der Waals surface area contributed by atoms with Gasteiger partial charge in [0, 0.05) is 24.5 Å². The molecular weight excluding hydrogens is 372 g/mol. The summed E-state index contributed by atoms with van der Waals surface area (Å²) in [5, 5.41) is 3.36. The summed E-state index contributed by atoms with van der Waals surface area (Å²) in [7, 11) is -3.49. The topological polar surface area (TPSA) is 66.5 Å². The lowest BCUT2D eigenvalue weighted by atomic mass is 10.1. The molecule has 1 amide bonds. The van der Waals surface area contributed by atoms with Gasteiger partial charge in [0.05, 0.1) is 11.9 Å². The lowest BCUT2D eigenvalue weighted by molar-refractivity contribution is -0.121. The van der Waals surface area contributed by atoms with Crippen molar-refractivity contribution >= 4 is 33.2 Å². The van der Waals surface area contributed by atoms with Gasteiger partial charge in [-0.25, -0.2) is 8.42 Å². The molecule has 0 saturated heterocycles. The van der Waals surface area contributed by atoms with E-state index in [2.05, 4.69) is 5.32 Å². The van der Waals surface area contributed by atoms with Crippen LogP contribution in [0.2, 0.25) is 5.02 Å². The van der Waals surface area contributed by atoms with Gasteiger partial charge in [-0.2, -0.15) is 0 Å². The van der Waals surface area contributed by atoms with E-state index in [1.165, 1.54) is 4.31 Å². The predicted molar refractivity (Wildman–Crippen MR) is 106 cm³/mol. The van der Waals surface area contributed by atoms with E-state index in [0.717, 1.165) is 22.9 Å². The predicted octanol–water partition coefficient (Wildman–Crippen LogP) is 3.43. The minimum absolute atomic E-state index is 0.0600. The van der Waals surface area contributed by atoms with Crippen molar-refractivity contribution in [2.24, 2.45) is 0 Å². The van der Waals surface area contributed by atoms with Gasteiger partial charge in [-0.1, -0.05) is 35.9 Å². The Hall–Kier alpha value is -2.05. The number of nitrogens with one attached hydrogen (secondary N) is 1. The van der Waals surface area contributed by atoms with Crippen LogP contribution >= 0.6 is 11.6 Å². The van der Waals surface area contributed by atoms with E-state index in [-0.39, 0.29) is 18.9 Å². The molecule has 2 aromatic carbocycles. The monoisotopic (exact) mass is 394 g/mol. The number of aryl methyl sites for hydroxylation is 2. The zero-order valence-corrected chi connectivity index (χ0v) is 16.7. The van der Waals surface area contributed by atoms with Gasteiger partial charge >= 0.3 is 0 Å². The smallest absolute Gasteiger partial charge is 0.232 e. The molecule has 0 bridgehead atoms. The molecular formula is C19H23ClN2O3S. The Kier molecular flexibility index (Phi) is 6.67. The van der Waals surface area contributed by atoms with Gasteiger partial charge in [0.15, 0.2) is 0 Å². The summed E-state index contributed by atoms with van der Waals surface area (Å²) in [6.45, 7) is 4.21. The molecule has 0 unspecified atom stereocenters. The van der Waals surface area contributed by atoms with E-state index >= 15 is 0 Å². The standard InChI is InChI=1S/C19H23ClN2O3S/c1-14-10-15(2)12-17(11-14)22(26(3,24)25)9-8-19(23)21-13-16-6-4-5-7-18(16)20/h4-7,10-12H,8-9,13H2,1-3H3,(H,21,23). The van der Waals surface area contributed by atoms with Crippen molar-refractivity contribution in [3.05, 3.63) is 64.2 Å². The third kappa shape index (κ3) is 5.75. The minimum Gasteiger partial charge on any atom is -0.352 e. The number of sulfonamides is 1. The van der Waals surface area contributed by atoms with Crippen molar-refractivity contribution in [2.45, 2.75) is 26.8 Å². The fourth-order valence-electron chi connectivity index (χ4n) is 2.71. The number of amides is 1.